The van der Waals surface area contributed by atoms with Crippen LogP contribution in [-0.2, 0) is 0 Å². The van der Waals surface area contributed by atoms with Crippen molar-refractivity contribution in [3.63, 3.8) is 0 Å². The summed E-state index contributed by atoms with van der Waals surface area (Å²) in [5.74, 6) is 6.04. The number of benzene rings is 1. The van der Waals surface area contributed by atoms with Crippen LogP contribution in [0.4, 0.5) is 10.1 Å². The molecule has 1 aliphatic rings. The van der Waals surface area contributed by atoms with Crippen molar-refractivity contribution < 1.29 is 8.91 Å². The fourth-order valence-electron chi connectivity index (χ4n) is 2.75. The molecule has 0 fully saturated rings. The summed E-state index contributed by atoms with van der Waals surface area (Å²) in [5.41, 5.74) is 7.94. The second kappa shape index (κ2) is 7.90. The van der Waals surface area contributed by atoms with E-state index in [1.165, 1.54) is 12.1 Å². The van der Waals surface area contributed by atoms with Crippen LogP contribution in [0.5, 0.6) is 0 Å². The van der Waals surface area contributed by atoms with Gasteiger partial charge in [0.05, 0.1) is 11.4 Å². The van der Waals surface area contributed by atoms with Gasteiger partial charge in [0.1, 0.15) is 17.2 Å². The maximum absolute atomic E-state index is 14.3. The van der Waals surface area contributed by atoms with Crippen molar-refractivity contribution in [1.82, 2.24) is 20.4 Å². The van der Waals surface area contributed by atoms with Gasteiger partial charge < -0.3 is 15.6 Å². The average Bonchev–Trinajstić information content (AvgIpc) is 3.26. The Kier molecular flexibility index (Phi) is 4.99. The standard InChI is InChI=1S/C19H17FN8O/c20-13-3-1-2-4-15(13)28(22)17(12-5-7-23-8-6-12)16(21)19-26-18(27-29-19)14-11-24-9-10-25-14/h1-8,10-11,24H,9,21-22H2/b17-16-. The van der Waals surface area contributed by atoms with Crippen LogP contribution in [0, 0.1) is 5.82 Å². The summed E-state index contributed by atoms with van der Waals surface area (Å²) in [5, 5.41) is 8.07. The molecular weight excluding hydrogens is 375 g/mol. The molecule has 0 atom stereocenters. The van der Waals surface area contributed by atoms with Crippen molar-refractivity contribution in [1.29, 1.82) is 0 Å². The topological polar surface area (TPSA) is 131 Å². The highest BCUT2D eigenvalue weighted by molar-refractivity contribution is 5.93. The van der Waals surface area contributed by atoms with Crippen LogP contribution < -0.4 is 21.9 Å². The van der Waals surface area contributed by atoms with Crippen molar-refractivity contribution in [3.05, 3.63) is 78.1 Å². The Morgan fingerprint density at radius 1 is 1.17 bits per heavy atom. The third-order valence-corrected chi connectivity index (χ3v) is 4.13. The smallest absolute Gasteiger partial charge is 0.276 e. The minimum atomic E-state index is -0.506. The van der Waals surface area contributed by atoms with Crippen LogP contribution in [0.1, 0.15) is 17.3 Å². The third kappa shape index (κ3) is 3.69. The molecule has 2 aromatic heterocycles. The quantitative estimate of drug-likeness (QED) is 0.442. The van der Waals surface area contributed by atoms with Gasteiger partial charge in [-0.05, 0) is 24.3 Å². The van der Waals surface area contributed by atoms with E-state index < -0.39 is 5.82 Å². The lowest BCUT2D eigenvalue weighted by atomic mass is 10.1. The molecule has 1 aromatic carbocycles. The first kappa shape index (κ1) is 18.3. The molecule has 4 rings (SSSR count). The lowest BCUT2D eigenvalue weighted by Crippen LogP contribution is -2.32. The van der Waals surface area contributed by atoms with E-state index in [4.69, 9.17) is 16.1 Å². The maximum atomic E-state index is 14.3. The molecule has 0 radical (unpaired) electrons. The number of aliphatic imine (C=N–C) groups is 1. The fraction of sp³-hybridized carbons (Fsp3) is 0.0526. The molecule has 0 saturated heterocycles. The van der Waals surface area contributed by atoms with E-state index in [0.717, 1.165) is 5.01 Å². The van der Waals surface area contributed by atoms with Gasteiger partial charge in [0.25, 0.3) is 5.89 Å². The fourth-order valence-corrected chi connectivity index (χ4v) is 2.75. The number of nitrogens with one attached hydrogen (secondary N) is 1. The molecule has 146 valence electrons. The molecule has 3 aromatic rings. The normalized spacial score (nSPS) is 14.1. The number of hydrogen-bond acceptors (Lipinski definition) is 9. The number of anilines is 1. The molecule has 5 N–H and O–H groups in total. The molecule has 3 heterocycles. The van der Waals surface area contributed by atoms with Crippen LogP contribution in [0.2, 0.25) is 0 Å². The van der Waals surface area contributed by atoms with Crippen LogP contribution in [0.15, 0.2) is 64.5 Å². The minimum absolute atomic E-state index is 0.0280. The second-order valence-corrected chi connectivity index (χ2v) is 5.99. The Hall–Kier alpha value is -4.05. The average molecular weight is 392 g/mol. The van der Waals surface area contributed by atoms with E-state index in [-0.39, 0.29) is 28.8 Å². The number of para-hydroxylation sites is 1. The Labute approximate surface area is 165 Å². The van der Waals surface area contributed by atoms with Crippen molar-refractivity contribution in [2.75, 3.05) is 11.6 Å². The molecule has 0 saturated carbocycles. The highest BCUT2D eigenvalue weighted by Crippen LogP contribution is 2.29. The van der Waals surface area contributed by atoms with E-state index in [2.05, 4.69) is 25.4 Å². The first-order valence-corrected chi connectivity index (χ1v) is 8.65. The van der Waals surface area contributed by atoms with E-state index in [9.17, 15) is 4.39 Å². The van der Waals surface area contributed by atoms with Gasteiger partial charge in [0.2, 0.25) is 5.82 Å². The minimum Gasteiger partial charge on any atom is -0.392 e. The molecule has 29 heavy (non-hydrogen) atoms. The first-order valence-electron chi connectivity index (χ1n) is 8.65. The predicted octanol–water partition coefficient (Wildman–Crippen LogP) is 1.74. The number of halogens is 1. The van der Waals surface area contributed by atoms with Gasteiger partial charge in [-0.3, -0.25) is 15.0 Å². The predicted molar refractivity (Wildman–Crippen MR) is 107 cm³/mol. The van der Waals surface area contributed by atoms with Gasteiger partial charge in [-0.1, -0.05) is 17.3 Å². The van der Waals surface area contributed by atoms with E-state index in [1.807, 2.05) is 0 Å². The lowest BCUT2D eigenvalue weighted by molar-refractivity contribution is 0.404. The molecule has 0 bridgehead atoms. The molecule has 9 nitrogen and oxygen atoms in total. The van der Waals surface area contributed by atoms with Crippen molar-refractivity contribution in [2.24, 2.45) is 16.6 Å². The zero-order chi connectivity index (χ0) is 20.2. The molecule has 0 amide bonds. The van der Waals surface area contributed by atoms with Crippen LogP contribution in [0.25, 0.3) is 17.1 Å². The number of aromatic nitrogens is 3. The van der Waals surface area contributed by atoms with E-state index in [0.29, 0.717) is 17.8 Å². The molecule has 0 aliphatic carbocycles. The molecule has 0 spiro atoms. The highest BCUT2D eigenvalue weighted by atomic mass is 19.1. The summed E-state index contributed by atoms with van der Waals surface area (Å²) in [7, 11) is 0. The van der Waals surface area contributed by atoms with Crippen LogP contribution in [-0.4, -0.2) is 27.9 Å². The largest absolute Gasteiger partial charge is 0.392 e. The Morgan fingerprint density at radius 2 is 1.97 bits per heavy atom. The highest BCUT2D eigenvalue weighted by Gasteiger charge is 2.22. The summed E-state index contributed by atoms with van der Waals surface area (Å²) in [6, 6.07) is 9.47. The molecule has 1 aliphatic heterocycles. The number of nitrogens with two attached hydrogens (primary N) is 2. The molecule has 0 unspecified atom stereocenters. The number of pyridine rings is 1. The summed E-state index contributed by atoms with van der Waals surface area (Å²) in [4.78, 5) is 12.5. The zero-order valence-corrected chi connectivity index (χ0v) is 15.2. The SMILES string of the molecule is N/C(=C(/c1ccncc1)N(N)c1ccccc1F)c1nc(C2=CNCC=N2)no1. The third-order valence-electron chi connectivity index (χ3n) is 4.13. The van der Waals surface area contributed by atoms with Crippen LogP contribution in [0.3, 0.4) is 0 Å². The summed E-state index contributed by atoms with van der Waals surface area (Å²) >= 11 is 0. The number of hydrogen-bond donors (Lipinski definition) is 3. The summed E-state index contributed by atoms with van der Waals surface area (Å²) < 4.78 is 19.7. The van der Waals surface area contributed by atoms with Crippen molar-refractivity contribution in [2.45, 2.75) is 0 Å². The van der Waals surface area contributed by atoms with Crippen molar-refractivity contribution >= 4 is 29.0 Å². The van der Waals surface area contributed by atoms with Gasteiger partial charge in [0, 0.05) is 36.9 Å². The Bertz CT molecular complexity index is 1110. The monoisotopic (exact) mass is 392 g/mol. The zero-order valence-electron chi connectivity index (χ0n) is 15.2. The van der Waals surface area contributed by atoms with Gasteiger partial charge >= 0.3 is 0 Å². The number of rotatable bonds is 5. The first-order chi connectivity index (χ1) is 14.1. The van der Waals surface area contributed by atoms with Gasteiger partial charge in [-0.25, -0.2) is 10.2 Å². The second-order valence-electron chi connectivity index (χ2n) is 5.99. The number of hydrazine groups is 1. The lowest BCUT2D eigenvalue weighted by Gasteiger charge is -2.23. The van der Waals surface area contributed by atoms with Crippen LogP contribution >= 0.6 is 0 Å². The molecule has 10 heteroatoms. The maximum Gasteiger partial charge on any atom is 0.276 e. The van der Waals surface area contributed by atoms with Gasteiger partial charge in [0.15, 0.2) is 0 Å². The Balaban J connectivity index is 1.81. The van der Waals surface area contributed by atoms with Gasteiger partial charge in [-0.2, -0.15) is 4.98 Å². The van der Waals surface area contributed by atoms with E-state index >= 15 is 0 Å². The van der Waals surface area contributed by atoms with Crippen molar-refractivity contribution in [3.8, 4) is 0 Å². The van der Waals surface area contributed by atoms with Gasteiger partial charge in [-0.15, -0.1) is 0 Å². The van der Waals surface area contributed by atoms with E-state index in [1.54, 1.807) is 49.1 Å². The summed E-state index contributed by atoms with van der Waals surface area (Å²) in [6.07, 6.45) is 6.51. The number of nitrogens with zero attached hydrogens (tertiary/aromatic N) is 5. The Morgan fingerprint density at radius 3 is 2.69 bits per heavy atom. The summed E-state index contributed by atoms with van der Waals surface area (Å²) in [6.45, 7) is 0.618. The molecular formula is C19H17FN8O.